The molecule has 0 radical (unpaired) electrons. The summed E-state index contributed by atoms with van der Waals surface area (Å²) in [6.45, 7) is 4.55. The van der Waals surface area contributed by atoms with Crippen molar-refractivity contribution in [3.8, 4) is 0 Å². The third-order valence-corrected chi connectivity index (χ3v) is 9.19. The second-order valence-corrected chi connectivity index (χ2v) is 11.9. The van der Waals surface area contributed by atoms with Gasteiger partial charge in [0.1, 0.15) is 11.5 Å². The first-order valence-corrected chi connectivity index (χ1v) is 14.9. The maximum atomic E-state index is 13.4. The molecule has 13 nitrogen and oxygen atoms in total. The topological polar surface area (TPSA) is 163 Å². The SMILES string of the molecule is CC(=O)c1c(C)c2cnc(Nc3ccc(N4CCN(S(=O)(=O)NCCO)CC4)cn3)nc2n(C2CCCC2)c1=O. The molecular weight excluding hydrogens is 536 g/mol. The van der Waals surface area contributed by atoms with Crippen LogP contribution in [0.2, 0.25) is 0 Å². The first-order chi connectivity index (χ1) is 19.2. The van der Waals surface area contributed by atoms with Gasteiger partial charge in [-0.2, -0.15) is 22.4 Å². The Morgan fingerprint density at radius 3 is 2.45 bits per heavy atom. The second kappa shape index (κ2) is 11.6. The Hall–Kier alpha value is -3.46. The van der Waals surface area contributed by atoms with Crippen LogP contribution in [0.1, 0.15) is 54.6 Å². The van der Waals surface area contributed by atoms with Crippen molar-refractivity contribution in [3.05, 3.63) is 46.0 Å². The number of piperazine rings is 1. The summed E-state index contributed by atoms with van der Waals surface area (Å²) in [5.41, 5.74) is 1.85. The van der Waals surface area contributed by atoms with Crippen molar-refractivity contribution >= 4 is 44.5 Å². The molecule has 1 aliphatic carbocycles. The molecule has 0 spiro atoms. The van der Waals surface area contributed by atoms with Crippen molar-refractivity contribution in [1.82, 2.24) is 28.5 Å². The van der Waals surface area contributed by atoms with Crippen LogP contribution in [-0.2, 0) is 10.2 Å². The third kappa shape index (κ3) is 5.57. The zero-order valence-electron chi connectivity index (χ0n) is 22.6. The zero-order chi connectivity index (χ0) is 28.4. The van der Waals surface area contributed by atoms with Crippen molar-refractivity contribution in [2.75, 3.05) is 49.5 Å². The molecule has 0 unspecified atom stereocenters. The lowest BCUT2D eigenvalue weighted by Gasteiger charge is -2.35. The predicted octanol–water partition coefficient (Wildman–Crippen LogP) is 1.50. The summed E-state index contributed by atoms with van der Waals surface area (Å²) in [5, 5.41) is 12.7. The molecule has 14 heteroatoms. The van der Waals surface area contributed by atoms with Crippen molar-refractivity contribution in [3.63, 3.8) is 0 Å². The lowest BCUT2D eigenvalue weighted by molar-refractivity contribution is 0.101. The number of nitrogens with one attached hydrogen (secondary N) is 2. The Balaban J connectivity index is 1.34. The number of fused-ring (bicyclic) bond motifs is 1. The summed E-state index contributed by atoms with van der Waals surface area (Å²) in [7, 11) is -3.61. The van der Waals surface area contributed by atoms with Crippen LogP contribution < -0.4 is 20.5 Å². The Labute approximate surface area is 232 Å². The van der Waals surface area contributed by atoms with E-state index in [9.17, 15) is 18.0 Å². The van der Waals surface area contributed by atoms with E-state index in [0.717, 1.165) is 31.4 Å². The fraction of sp³-hybridized carbons (Fsp3) is 0.500. The van der Waals surface area contributed by atoms with Crippen molar-refractivity contribution < 1.29 is 18.3 Å². The lowest BCUT2D eigenvalue weighted by Crippen LogP contribution is -2.52. The molecule has 0 atom stereocenters. The Morgan fingerprint density at radius 1 is 1.10 bits per heavy atom. The second-order valence-electron chi connectivity index (χ2n) is 10.1. The van der Waals surface area contributed by atoms with Crippen LogP contribution in [0.25, 0.3) is 11.0 Å². The Bertz CT molecular complexity index is 1560. The van der Waals surface area contributed by atoms with Gasteiger partial charge in [-0.05, 0) is 44.4 Å². The van der Waals surface area contributed by atoms with Crippen LogP contribution in [0.15, 0.2) is 29.3 Å². The van der Waals surface area contributed by atoms with Crippen LogP contribution in [0.3, 0.4) is 0 Å². The number of Topliss-reactive ketones (excluding diaryl/α,β-unsaturated/α-hetero) is 1. The summed E-state index contributed by atoms with van der Waals surface area (Å²) in [6, 6.07) is 3.68. The van der Waals surface area contributed by atoms with E-state index in [1.54, 1.807) is 30.0 Å². The van der Waals surface area contributed by atoms with Crippen molar-refractivity contribution in [2.45, 2.75) is 45.6 Å². The number of rotatable bonds is 9. The third-order valence-electron chi connectivity index (χ3n) is 7.58. The normalized spacial score (nSPS) is 17.0. The fourth-order valence-electron chi connectivity index (χ4n) is 5.52. The number of pyridine rings is 2. The summed E-state index contributed by atoms with van der Waals surface area (Å²) in [4.78, 5) is 41.4. The number of aliphatic hydroxyl groups excluding tert-OH is 1. The average molecular weight is 571 g/mol. The van der Waals surface area contributed by atoms with Gasteiger partial charge < -0.3 is 15.3 Å². The molecule has 1 saturated heterocycles. The minimum atomic E-state index is -3.61. The number of ketones is 1. The number of nitrogens with zero attached hydrogens (tertiary/aromatic N) is 6. The molecule has 2 aliphatic rings. The highest BCUT2D eigenvalue weighted by Gasteiger charge is 2.27. The highest BCUT2D eigenvalue weighted by atomic mass is 32.2. The molecule has 4 heterocycles. The Morgan fingerprint density at radius 2 is 1.82 bits per heavy atom. The fourth-order valence-corrected chi connectivity index (χ4v) is 6.70. The highest BCUT2D eigenvalue weighted by molar-refractivity contribution is 7.87. The van der Waals surface area contributed by atoms with E-state index >= 15 is 0 Å². The molecular formula is C26H34N8O5S. The maximum absolute atomic E-state index is 13.4. The van der Waals surface area contributed by atoms with Gasteiger partial charge in [0.2, 0.25) is 5.95 Å². The van der Waals surface area contributed by atoms with E-state index in [2.05, 4.69) is 24.9 Å². The lowest BCUT2D eigenvalue weighted by atomic mass is 10.0. The molecule has 3 aromatic heterocycles. The average Bonchev–Trinajstić information content (AvgIpc) is 3.47. The van der Waals surface area contributed by atoms with E-state index in [0.29, 0.717) is 54.5 Å². The van der Waals surface area contributed by atoms with Gasteiger partial charge in [0.05, 0.1) is 24.1 Å². The summed E-state index contributed by atoms with van der Waals surface area (Å²) >= 11 is 0. The number of carbonyl (C=O) groups excluding carboxylic acids is 1. The van der Waals surface area contributed by atoms with E-state index in [4.69, 9.17) is 10.1 Å². The number of aromatic nitrogens is 4. The number of hydrogen-bond donors (Lipinski definition) is 3. The molecule has 214 valence electrons. The molecule has 5 rings (SSSR count). The van der Waals surface area contributed by atoms with Gasteiger partial charge in [0, 0.05) is 50.3 Å². The molecule has 0 aromatic carbocycles. The first kappa shape index (κ1) is 28.1. The zero-order valence-corrected chi connectivity index (χ0v) is 23.4. The van der Waals surface area contributed by atoms with E-state index in [1.807, 2.05) is 6.07 Å². The van der Waals surface area contributed by atoms with Gasteiger partial charge in [-0.3, -0.25) is 14.2 Å². The van der Waals surface area contributed by atoms with Gasteiger partial charge in [0.15, 0.2) is 5.78 Å². The quantitative estimate of drug-likeness (QED) is 0.321. The molecule has 1 aliphatic heterocycles. The van der Waals surface area contributed by atoms with Gasteiger partial charge in [-0.25, -0.2) is 9.97 Å². The molecule has 1 saturated carbocycles. The first-order valence-electron chi connectivity index (χ1n) is 13.5. The monoisotopic (exact) mass is 570 g/mol. The van der Waals surface area contributed by atoms with Crippen molar-refractivity contribution in [2.24, 2.45) is 0 Å². The van der Waals surface area contributed by atoms with Gasteiger partial charge in [-0.15, -0.1) is 0 Å². The molecule has 40 heavy (non-hydrogen) atoms. The van der Waals surface area contributed by atoms with Gasteiger partial charge >= 0.3 is 0 Å². The molecule has 2 fully saturated rings. The predicted molar refractivity (Wildman–Crippen MR) is 151 cm³/mol. The van der Waals surface area contributed by atoms with Crippen molar-refractivity contribution in [1.29, 1.82) is 0 Å². The highest BCUT2D eigenvalue weighted by Crippen LogP contribution is 2.32. The van der Waals surface area contributed by atoms with Crippen LogP contribution in [-0.4, -0.2) is 82.5 Å². The standard InChI is InChI=1S/C26H34N8O5S/c1-17-21-16-28-26(31-24(21)34(19-5-3-4-6-19)25(37)23(17)18(2)36)30-22-8-7-20(15-27-22)32-10-12-33(13-11-32)40(38,39)29-9-14-35/h7-8,15-16,19,29,35H,3-6,9-14H2,1-2H3,(H,27,28,30,31). The van der Waals surface area contributed by atoms with E-state index in [1.165, 1.54) is 11.2 Å². The Kier molecular flexibility index (Phi) is 8.12. The molecule has 0 amide bonds. The minimum Gasteiger partial charge on any atom is -0.395 e. The van der Waals surface area contributed by atoms with E-state index in [-0.39, 0.29) is 36.1 Å². The number of hydrogen-bond acceptors (Lipinski definition) is 10. The number of aliphatic hydroxyl groups is 1. The largest absolute Gasteiger partial charge is 0.395 e. The summed E-state index contributed by atoms with van der Waals surface area (Å²) in [6.07, 6.45) is 7.14. The molecule has 3 N–H and O–H groups in total. The van der Waals surface area contributed by atoms with Crippen LogP contribution in [0.5, 0.6) is 0 Å². The smallest absolute Gasteiger partial charge is 0.279 e. The number of carbonyl (C=O) groups is 1. The van der Waals surface area contributed by atoms with E-state index < -0.39 is 10.2 Å². The number of aryl methyl sites for hydroxylation is 1. The van der Waals surface area contributed by atoms with Gasteiger partial charge in [0.25, 0.3) is 15.8 Å². The van der Waals surface area contributed by atoms with Crippen LogP contribution in [0, 0.1) is 6.92 Å². The van der Waals surface area contributed by atoms with Crippen LogP contribution in [0.4, 0.5) is 17.5 Å². The molecule has 0 bridgehead atoms. The maximum Gasteiger partial charge on any atom is 0.279 e. The molecule has 3 aromatic rings. The number of anilines is 3. The van der Waals surface area contributed by atoms with Crippen LogP contribution >= 0.6 is 0 Å². The summed E-state index contributed by atoms with van der Waals surface area (Å²) in [5.74, 6) is 0.552. The summed E-state index contributed by atoms with van der Waals surface area (Å²) < 4.78 is 30.0. The minimum absolute atomic E-state index is 0.00484. The van der Waals surface area contributed by atoms with Gasteiger partial charge in [-0.1, -0.05) is 12.8 Å².